The standard InChI is InChI=1S/C17H23F2NO3/c1-22-11-5-7-12-6-3-4-10-20(12)17(21)15-13(18)8-9-14(23-2)16(15)19/h8-9,12H,3-7,10-11H2,1-2H3/t12-/m1/s1. The molecule has 23 heavy (non-hydrogen) atoms. The van der Waals surface area contributed by atoms with E-state index in [2.05, 4.69) is 0 Å². The molecule has 1 amide bonds. The maximum Gasteiger partial charge on any atom is 0.260 e. The molecule has 1 fully saturated rings. The number of amides is 1. The Bertz CT molecular complexity index is 551. The zero-order valence-corrected chi connectivity index (χ0v) is 13.6. The molecule has 0 spiro atoms. The van der Waals surface area contributed by atoms with Crippen LogP contribution in [0.2, 0.25) is 0 Å². The molecule has 0 saturated carbocycles. The SMILES string of the molecule is COCCC[C@H]1CCCCN1C(=O)c1c(F)ccc(OC)c1F. The molecule has 1 aromatic rings. The number of benzene rings is 1. The first-order valence-electron chi connectivity index (χ1n) is 7.92. The van der Waals surface area contributed by atoms with E-state index < -0.39 is 23.1 Å². The van der Waals surface area contributed by atoms with Gasteiger partial charge < -0.3 is 14.4 Å². The van der Waals surface area contributed by atoms with Gasteiger partial charge >= 0.3 is 0 Å². The fourth-order valence-corrected chi connectivity index (χ4v) is 3.06. The Labute approximate surface area is 135 Å². The molecule has 128 valence electrons. The number of likely N-dealkylation sites (tertiary alicyclic amines) is 1. The normalized spacial score (nSPS) is 18.1. The van der Waals surface area contributed by atoms with Crippen molar-refractivity contribution in [3.05, 3.63) is 29.3 Å². The fraction of sp³-hybridized carbons (Fsp3) is 0.588. The number of ether oxygens (including phenoxy) is 2. The topological polar surface area (TPSA) is 38.8 Å². The van der Waals surface area contributed by atoms with E-state index in [9.17, 15) is 13.6 Å². The molecular formula is C17H23F2NO3. The van der Waals surface area contributed by atoms with Crippen molar-refractivity contribution in [1.29, 1.82) is 0 Å². The van der Waals surface area contributed by atoms with Crippen LogP contribution in [0.5, 0.6) is 5.75 Å². The highest BCUT2D eigenvalue weighted by atomic mass is 19.1. The number of piperidine rings is 1. The first kappa shape index (κ1) is 17.7. The second kappa shape index (κ2) is 8.24. The number of carbonyl (C=O) groups is 1. The van der Waals surface area contributed by atoms with Gasteiger partial charge in [-0.2, -0.15) is 0 Å². The second-order valence-electron chi connectivity index (χ2n) is 5.72. The highest BCUT2D eigenvalue weighted by Gasteiger charge is 2.31. The molecule has 2 rings (SSSR count). The molecule has 4 nitrogen and oxygen atoms in total. The summed E-state index contributed by atoms with van der Waals surface area (Å²) in [7, 11) is 2.92. The van der Waals surface area contributed by atoms with Crippen molar-refractivity contribution in [3.63, 3.8) is 0 Å². The molecule has 1 aromatic carbocycles. The number of carbonyl (C=O) groups excluding carboxylic acids is 1. The van der Waals surface area contributed by atoms with E-state index >= 15 is 0 Å². The van der Waals surface area contributed by atoms with Gasteiger partial charge in [-0.05, 0) is 44.2 Å². The van der Waals surface area contributed by atoms with Gasteiger partial charge in [0.05, 0.1) is 7.11 Å². The summed E-state index contributed by atoms with van der Waals surface area (Å²) in [4.78, 5) is 14.3. The lowest BCUT2D eigenvalue weighted by Gasteiger charge is -2.36. The second-order valence-corrected chi connectivity index (χ2v) is 5.72. The highest BCUT2D eigenvalue weighted by Crippen LogP contribution is 2.28. The molecule has 0 N–H and O–H groups in total. The summed E-state index contributed by atoms with van der Waals surface area (Å²) in [6.07, 6.45) is 4.30. The number of hydrogen-bond donors (Lipinski definition) is 0. The van der Waals surface area contributed by atoms with E-state index in [1.165, 1.54) is 13.2 Å². The third-order valence-electron chi connectivity index (χ3n) is 4.26. The zero-order chi connectivity index (χ0) is 16.8. The predicted octanol–water partition coefficient (Wildman–Crippen LogP) is 3.39. The summed E-state index contributed by atoms with van der Waals surface area (Å²) in [6.45, 7) is 1.13. The van der Waals surface area contributed by atoms with Gasteiger partial charge in [0.25, 0.3) is 5.91 Å². The summed E-state index contributed by atoms with van der Waals surface area (Å²) < 4.78 is 38.3. The minimum absolute atomic E-state index is 0.00333. The van der Waals surface area contributed by atoms with E-state index in [1.54, 1.807) is 12.0 Å². The van der Waals surface area contributed by atoms with Gasteiger partial charge in [0.1, 0.15) is 11.4 Å². The van der Waals surface area contributed by atoms with Crippen molar-refractivity contribution >= 4 is 5.91 Å². The van der Waals surface area contributed by atoms with Crippen molar-refractivity contribution in [1.82, 2.24) is 4.90 Å². The van der Waals surface area contributed by atoms with Gasteiger partial charge in [0.2, 0.25) is 0 Å². The van der Waals surface area contributed by atoms with Crippen molar-refractivity contribution in [3.8, 4) is 5.75 Å². The van der Waals surface area contributed by atoms with Crippen molar-refractivity contribution in [2.45, 2.75) is 38.1 Å². The molecule has 0 unspecified atom stereocenters. The fourth-order valence-electron chi connectivity index (χ4n) is 3.06. The quantitative estimate of drug-likeness (QED) is 0.752. The Morgan fingerprint density at radius 3 is 2.78 bits per heavy atom. The van der Waals surface area contributed by atoms with E-state index in [0.717, 1.165) is 38.2 Å². The van der Waals surface area contributed by atoms with Crippen LogP contribution >= 0.6 is 0 Å². The number of nitrogens with zero attached hydrogens (tertiary/aromatic N) is 1. The van der Waals surface area contributed by atoms with E-state index in [4.69, 9.17) is 9.47 Å². The summed E-state index contributed by atoms with van der Waals surface area (Å²) in [6, 6.07) is 2.25. The molecule has 0 bridgehead atoms. The van der Waals surface area contributed by atoms with Crippen LogP contribution in [0.25, 0.3) is 0 Å². The van der Waals surface area contributed by atoms with E-state index in [-0.39, 0.29) is 11.8 Å². The van der Waals surface area contributed by atoms with Crippen LogP contribution in [-0.2, 0) is 4.74 Å². The lowest BCUT2D eigenvalue weighted by Crippen LogP contribution is -2.44. The zero-order valence-electron chi connectivity index (χ0n) is 13.6. The van der Waals surface area contributed by atoms with E-state index in [1.807, 2.05) is 0 Å². The number of methoxy groups -OCH3 is 2. The summed E-state index contributed by atoms with van der Waals surface area (Å²) >= 11 is 0. The smallest absolute Gasteiger partial charge is 0.260 e. The van der Waals surface area contributed by atoms with Crippen LogP contribution in [0.3, 0.4) is 0 Å². The molecule has 1 saturated heterocycles. The average molecular weight is 327 g/mol. The Morgan fingerprint density at radius 1 is 1.30 bits per heavy atom. The van der Waals surface area contributed by atoms with Crippen molar-refractivity contribution in [2.75, 3.05) is 27.4 Å². The van der Waals surface area contributed by atoms with Crippen LogP contribution in [0.1, 0.15) is 42.5 Å². The highest BCUT2D eigenvalue weighted by molar-refractivity contribution is 5.95. The third kappa shape index (κ3) is 3.99. The maximum absolute atomic E-state index is 14.3. The molecule has 1 heterocycles. The largest absolute Gasteiger partial charge is 0.494 e. The average Bonchev–Trinajstić information content (AvgIpc) is 2.55. The van der Waals surface area contributed by atoms with Crippen molar-refractivity contribution in [2.24, 2.45) is 0 Å². The summed E-state index contributed by atoms with van der Waals surface area (Å²) in [5.41, 5.74) is -0.525. The van der Waals surface area contributed by atoms with Gasteiger partial charge in [0.15, 0.2) is 11.6 Å². The molecule has 0 aliphatic carbocycles. The lowest BCUT2D eigenvalue weighted by molar-refractivity contribution is 0.0574. The van der Waals surface area contributed by atoms with Gasteiger partial charge in [-0.1, -0.05) is 0 Å². The first-order valence-corrected chi connectivity index (χ1v) is 7.92. The third-order valence-corrected chi connectivity index (χ3v) is 4.26. The van der Waals surface area contributed by atoms with Gasteiger partial charge in [-0.15, -0.1) is 0 Å². The Hall–Kier alpha value is -1.69. The van der Waals surface area contributed by atoms with Crippen LogP contribution < -0.4 is 4.74 Å². The van der Waals surface area contributed by atoms with Gasteiger partial charge in [0, 0.05) is 26.3 Å². The summed E-state index contributed by atoms with van der Waals surface area (Å²) in [5, 5.41) is 0. The van der Waals surface area contributed by atoms with Crippen LogP contribution in [-0.4, -0.2) is 44.2 Å². The first-order chi connectivity index (χ1) is 11.1. The lowest BCUT2D eigenvalue weighted by atomic mass is 9.96. The minimum Gasteiger partial charge on any atom is -0.494 e. The monoisotopic (exact) mass is 327 g/mol. The minimum atomic E-state index is -0.932. The number of rotatable bonds is 6. The molecule has 0 aromatic heterocycles. The number of halogens is 2. The Morgan fingerprint density at radius 2 is 2.09 bits per heavy atom. The van der Waals surface area contributed by atoms with Crippen LogP contribution in [0.15, 0.2) is 12.1 Å². The summed E-state index contributed by atoms with van der Waals surface area (Å²) in [5.74, 6) is -2.50. The van der Waals surface area contributed by atoms with Crippen LogP contribution in [0.4, 0.5) is 8.78 Å². The Balaban J connectivity index is 2.23. The Kier molecular flexibility index (Phi) is 6.33. The molecule has 1 atom stereocenters. The maximum atomic E-state index is 14.3. The molecule has 1 aliphatic rings. The molecule has 0 radical (unpaired) electrons. The molecule has 6 heteroatoms. The van der Waals surface area contributed by atoms with Crippen LogP contribution in [0, 0.1) is 11.6 Å². The van der Waals surface area contributed by atoms with E-state index in [0.29, 0.717) is 13.2 Å². The number of hydrogen-bond acceptors (Lipinski definition) is 3. The van der Waals surface area contributed by atoms with Gasteiger partial charge in [-0.25, -0.2) is 8.78 Å². The predicted molar refractivity (Wildman–Crippen MR) is 82.7 cm³/mol. The van der Waals surface area contributed by atoms with Crippen molar-refractivity contribution < 1.29 is 23.0 Å². The molecular weight excluding hydrogens is 304 g/mol. The van der Waals surface area contributed by atoms with Gasteiger partial charge in [-0.3, -0.25) is 4.79 Å². The molecule has 1 aliphatic heterocycles.